The summed E-state index contributed by atoms with van der Waals surface area (Å²) in [5, 5.41) is 42.3. The van der Waals surface area contributed by atoms with Gasteiger partial charge in [0.1, 0.15) is 12.1 Å². The van der Waals surface area contributed by atoms with E-state index in [1.54, 1.807) is 0 Å². The van der Waals surface area contributed by atoms with Crippen LogP contribution in [0, 0.1) is 0 Å². The van der Waals surface area contributed by atoms with Crippen LogP contribution in [0.15, 0.2) is 0 Å². The molecule has 0 rings (SSSR count). The molecule has 25 heavy (non-hydrogen) atoms. The van der Waals surface area contributed by atoms with E-state index >= 15 is 0 Å². The number of aliphatic carboxylic acids is 2. The third-order valence-corrected chi connectivity index (χ3v) is 3.21. The second-order valence-corrected chi connectivity index (χ2v) is 5.44. The van der Waals surface area contributed by atoms with Crippen molar-refractivity contribution < 1.29 is 39.6 Å². The fourth-order valence-electron chi connectivity index (χ4n) is 1.93. The lowest BCUT2D eigenvalue weighted by atomic mass is 10.1. The molecule has 2 atom stereocenters. The van der Waals surface area contributed by atoms with Crippen LogP contribution in [0.5, 0.6) is 0 Å². The number of amides is 3. The van der Waals surface area contributed by atoms with Crippen LogP contribution in [0.1, 0.15) is 39.0 Å². The lowest BCUT2D eigenvalue weighted by molar-refractivity contribution is -0.140. The summed E-state index contributed by atoms with van der Waals surface area (Å²) in [5.41, 5.74) is 0. The zero-order valence-corrected chi connectivity index (χ0v) is 13.9. The van der Waals surface area contributed by atoms with E-state index in [-0.39, 0.29) is 25.2 Å². The van der Waals surface area contributed by atoms with E-state index < -0.39 is 36.3 Å². The Balaban J connectivity index is 4.39. The number of carbonyl (C=O) groups excluding carboxylic acids is 2. The minimum atomic E-state index is -1.71. The molecule has 0 unspecified atom stereocenters. The highest BCUT2D eigenvalue weighted by atomic mass is 16.5. The molecule has 0 saturated heterocycles. The van der Waals surface area contributed by atoms with Crippen molar-refractivity contribution in [3.8, 4) is 0 Å². The predicted octanol–water partition coefficient (Wildman–Crippen LogP) is -1.41. The lowest BCUT2D eigenvalue weighted by Crippen LogP contribution is -2.51. The first-order valence-corrected chi connectivity index (χ1v) is 7.76. The molecule has 0 aliphatic heterocycles. The zero-order chi connectivity index (χ0) is 19.4. The first-order valence-electron chi connectivity index (χ1n) is 7.76. The van der Waals surface area contributed by atoms with Crippen LogP contribution in [-0.4, -0.2) is 69.2 Å². The van der Waals surface area contributed by atoms with Crippen LogP contribution in [0.3, 0.4) is 0 Å². The summed E-state index contributed by atoms with van der Waals surface area (Å²) in [4.78, 5) is 44.6. The molecule has 0 aromatic heterocycles. The average molecular weight is 363 g/mol. The zero-order valence-electron chi connectivity index (χ0n) is 13.9. The van der Waals surface area contributed by atoms with Gasteiger partial charge in [-0.3, -0.25) is 4.79 Å². The first kappa shape index (κ1) is 22.6. The van der Waals surface area contributed by atoms with Crippen molar-refractivity contribution in [3.63, 3.8) is 0 Å². The minimum absolute atomic E-state index is 0.107. The van der Waals surface area contributed by atoms with Gasteiger partial charge < -0.3 is 36.4 Å². The molecule has 0 aromatic carbocycles. The highest BCUT2D eigenvalue weighted by molar-refractivity contribution is 5.86. The molecular weight excluding hydrogens is 338 g/mol. The predicted molar refractivity (Wildman–Crippen MR) is 84.5 cm³/mol. The molecule has 11 nitrogen and oxygen atoms in total. The SMILES string of the molecule is CC(=O)NCCCC[C@H](NC(=O)N[C@@H](CCC(O)O)C(=O)O)C(=O)O. The Morgan fingerprint density at radius 1 is 0.840 bits per heavy atom. The fraction of sp³-hybridized carbons (Fsp3) is 0.714. The van der Waals surface area contributed by atoms with Crippen molar-refractivity contribution in [2.24, 2.45) is 0 Å². The molecule has 144 valence electrons. The van der Waals surface area contributed by atoms with Gasteiger partial charge >= 0.3 is 18.0 Å². The van der Waals surface area contributed by atoms with Crippen LogP contribution >= 0.6 is 0 Å². The summed E-state index contributed by atoms with van der Waals surface area (Å²) in [5.74, 6) is -2.84. The van der Waals surface area contributed by atoms with Crippen molar-refractivity contribution in [2.45, 2.75) is 57.4 Å². The van der Waals surface area contributed by atoms with Gasteiger partial charge in [0.05, 0.1) is 0 Å². The molecule has 0 saturated carbocycles. The summed E-state index contributed by atoms with van der Waals surface area (Å²) < 4.78 is 0. The molecule has 0 aliphatic rings. The van der Waals surface area contributed by atoms with E-state index in [4.69, 9.17) is 20.4 Å². The smallest absolute Gasteiger partial charge is 0.326 e. The van der Waals surface area contributed by atoms with Crippen LogP contribution in [-0.2, 0) is 14.4 Å². The third kappa shape index (κ3) is 11.7. The van der Waals surface area contributed by atoms with E-state index in [2.05, 4.69) is 16.0 Å². The number of carbonyl (C=O) groups is 4. The van der Waals surface area contributed by atoms with E-state index in [1.807, 2.05) is 0 Å². The molecule has 11 heteroatoms. The monoisotopic (exact) mass is 363 g/mol. The number of nitrogens with one attached hydrogen (secondary N) is 3. The second kappa shape index (κ2) is 12.0. The Labute approximate surface area is 144 Å². The number of hydrogen-bond acceptors (Lipinski definition) is 6. The van der Waals surface area contributed by atoms with Crippen molar-refractivity contribution in [1.29, 1.82) is 0 Å². The maximum Gasteiger partial charge on any atom is 0.326 e. The Bertz CT molecular complexity index is 469. The standard InChI is InChI=1S/C14H25N3O8/c1-8(18)15-7-3-2-4-9(12(21)22)16-14(25)17-10(13(23)24)5-6-11(19)20/h9-11,19-20H,2-7H2,1H3,(H,15,18)(H,21,22)(H,23,24)(H2,16,17,25)/t9-,10-/m0/s1. The summed E-state index contributed by atoms with van der Waals surface area (Å²) in [7, 11) is 0. The number of rotatable bonds is 12. The van der Waals surface area contributed by atoms with Crippen molar-refractivity contribution in [2.75, 3.05) is 6.54 Å². The van der Waals surface area contributed by atoms with Gasteiger partial charge in [0, 0.05) is 19.9 Å². The molecule has 0 bridgehead atoms. The van der Waals surface area contributed by atoms with E-state index in [0.717, 1.165) is 0 Å². The average Bonchev–Trinajstić information content (AvgIpc) is 2.48. The van der Waals surface area contributed by atoms with Crippen molar-refractivity contribution >= 4 is 23.9 Å². The largest absolute Gasteiger partial charge is 0.480 e. The molecular formula is C14H25N3O8. The maximum atomic E-state index is 11.8. The normalized spacial score (nSPS) is 13.0. The van der Waals surface area contributed by atoms with Crippen LogP contribution in [0.2, 0.25) is 0 Å². The topological polar surface area (TPSA) is 185 Å². The van der Waals surface area contributed by atoms with E-state index in [9.17, 15) is 19.2 Å². The summed E-state index contributed by atoms with van der Waals surface area (Å²) in [6.45, 7) is 1.75. The molecule has 0 aromatic rings. The Kier molecular flexibility index (Phi) is 10.9. The number of hydrogen-bond donors (Lipinski definition) is 7. The van der Waals surface area contributed by atoms with Gasteiger partial charge in [-0.2, -0.15) is 0 Å². The molecule has 0 spiro atoms. The van der Waals surface area contributed by atoms with Gasteiger partial charge in [0.2, 0.25) is 5.91 Å². The number of aliphatic hydroxyl groups excluding tert-OH is 1. The Hall–Kier alpha value is -2.40. The number of aliphatic hydroxyl groups is 2. The van der Waals surface area contributed by atoms with Crippen LogP contribution < -0.4 is 16.0 Å². The molecule has 0 fully saturated rings. The molecule has 0 aliphatic carbocycles. The van der Waals surface area contributed by atoms with Gasteiger partial charge in [-0.25, -0.2) is 14.4 Å². The van der Waals surface area contributed by atoms with Crippen molar-refractivity contribution in [1.82, 2.24) is 16.0 Å². The number of carboxylic acids is 2. The molecule has 7 N–H and O–H groups in total. The Morgan fingerprint density at radius 2 is 1.36 bits per heavy atom. The van der Waals surface area contributed by atoms with Gasteiger partial charge in [0.25, 0.3) is 0 Å². The van der Waals surface area contributed by atoms with Gasteiger partial charge in [-0.1, -0.05) is 0 Å². The van der Waals surface area contributed by atoms with Gasteiger partial charge in [0.15, 0.2) is 6.29 Å². The van der Waals surface area contributed by atoms with E-state index in [0.29, 0.717) is 19.4 Å². The third-order valence-electron chi connectivity index (χ3n) is 3.21. The highest BCUT2D eigenvalue weighted by Gasteiger charge is 2.24. The fourth-order valence-corrected chi connectivity index (χ4v) is 1.93. The summed E-state index contributed by atoms with van der Waals surface area (Å²) in [6, 6.07) is -3.57. The minimum Gasteiger partial charge on any atom is -0.480 e. The highest BCUT2D eigenvalue weighted by Crippen LogP contribution is 2.03. The number of carboxylic acid groups (broad SMARTS) is 2. The maximum absolute atomic E-state index is 11.8. The quantitative estimate of drug-likeness (QED) is 0.163. The number of unbranched alkanes of at least 4 members (excludes halogenated alkanes) is 1. The summed E-state index contributed by atoms with van der Waals surface area (Å²) in [6.07, 6.45) is -1.13. The molecule has 0 radical (unpaired) electrons. The number of urea groups is 1. The first-order chi connectivity index (χ1) is 11.6. The van der Waals surface area contributed by atoms with Crippen molar-refractivity contribution in [3.05, 3.63) is 0 Å². The second-order valence-electron chi connectivity index (χ2n) is 5.44. The molecule has 0 heterocycles. The van der Waals surface area contributed by atoms with Crippen LogP contribution in [0.4, 0.5) is 4.79 Å². The van der Waals surface area contributed by atoms with E-state index in [1.165, 1.54) is 6.92 Å². The van der Waals surface area contributed by atoms with Gasteiger partial charge in [-0.15, -0.1) is 0 Å². The Morgan fingerprint density at radius 3 is 1.80 bits per heavy atom. The summed E-state index contributed by atoms with van der Waals surface area (Å²) >= 11 is 0. The lowest BCUT2D eigenvalue weighted by Gasteiger charge is -2.19. The molecule has 3 amide bonds. The van der Waals surface area contributed by atoms with Crippen LogP contribution in [0.25, 0.3) is 0 Å². The van der Waals surface area contributed by atoms with Gasteiger partial charge in [-0.05, 0) is 25.7 Å².